The van der Waals surface area contributed by atoms with Crippen LogP contribution in [0.3, 0.4) is 0 Å². The van der Waals surface area contributed by atoms with Gasteiger partial charge in [0.05, 0.1) is 12.5 Å². The lowest BCUT2D eigenvalue weighted by atomic mass is 9.90. The highest BCUT2D eigenvalue weighted by Crippen LogP contribution is 2.35. The quantitative estimate of drug-likeness (QED) is 0.761. The van der Waals surface area contributed by atoms with Crippen molar-refractivity contribution in [2.24, 2.45) is 5.92 Å². The summed E-state index contributed by atoms with van der Waals surface area (Å²) >= 11 is 0. The second-order valence-corrected chi connectivity index (χ2v) is 5.30. The zero-order valence-electron chi connectivity index (χ0n) is 10.8. The highest BCUT2D eigenvalue weighted by atomic mass is 16.5. The number of para-hydroxylation sites is 1. The normalized spacial score (nSPS) is 27.1. The van der Waals surface area contributed by atoms with E-state index in [-0.39, 0.29) is 11.8 Å². The van der Waals surface area contributed by atoms with Crippen molar-refractivity contribution in [1.82, 2.24) is 0 Å². The first-order valence-electron chi connectivity index (χ1n) is 6.75. The van der Waals surface area contributed by atoms with Gasteiger partial charge in [-0.25, -0.2) is 0 Å². The molecule has 0 saturated carbocycles. The molecule has 3 nitrogen and oxygen atoms in total. The summed E-state index contributed by atoms with van der Waals surface area (Å²) in [5.74, 6) is 0.850. The minimum Gasteiger partial charge on any atom is -0.381 e. The average molecular weight is 245 g/mol. The van der Waals surface area contributed by atoms with Crippen LogP contribution in [0.4, 0.5) is 5.69 Å². The van der Waals surface area contributed by atoms with E-state index >= 15 is 0 Å². The Morgan fingerprint density at radius 3 is 2.94 bits per heavy atom. The molecule has 1 fully saturated rings. The summed E-state index contributed by atoms with van der Waals surface area (Å²) in [5, 5.41) is 0. The van der Waals surface area contributed by atoms with Crippen molar-refractivity contribution < 1.29 is 9.53 Å². The van der Waals surface area contributed by atoms with Crippen molar-refractivity contribution in [1.29, 1.82) is 0 Å². The predicted molar refractivity (Wildman–Crippen MR) is 70.8 cm³/mol. The van der Waals surface area contributed by atoms with E-state index in [1.54, 1.807) is 0 Å². The lowest BCUT2D eigenvalue weighted by Crippen LogP contribution is -2.40. The lowest BCUT2D eigenvalue weighted by Gasteiger charge is -2.34. The number of carbonyl (C=O) groups excluding carboxylic acids is 1. The third-order valence-electron chi connectivity index (χ3n) is 4.09. The van der Waals surface area contributed by atoms with Gasteiger partial charge in [0, 0.05) is 18.8 Å². The molecule has 0 bridgehead atoms. The molecule has 2 atom stereocenters. The Hall–Kier alpha value is -1.35. The molecule has 96 valence electrons. The highest BCUT2D eigenvalue weighted by Gasteiger charge is 2.32. The highest BCUT2D eigenvalue weighted by molar-refractivity contribution is 5.96. The molecule has 1 aromatic carbocycles. The Balaban J connectivity index is 1.89. The van der Waals surface area contributed by atoms with Crippen molar-refractivity contribution in [2.45, 2.75) is 25.7 Å². The van der Waals surface area contributed by atoms with Gasteiger partial charge in [0.15, 0.2) is 0 Å². The molecule has 0 radical (unpaired) electrons. The van der Waals surface area contributed by atoms with Gasteiger partial charge in [-0.05, 0) is 30.4 Å². The van der Waals surface area contributed by atoms with E-state index in [0.717, 1.165) is 31.7 Å². The van der Waals surface area contributed by atoms with Gasteiger partial charge in [-0.3, -0.25) is 4.79 Å². The lowest BCUT2D eigenvalue weighted by molar-refractivity contribution is -0.122. The van der Waals surface area contributed by atoms with Crippen LogP contribution in [0.25, 0.3) is 0 Å². The summed E-state index contributed by atoms with van der Waals surface area (Å²) in [6.07, 6.45) is 1.92. The molecule has 18 heavy (non-hydrogen) atoms. The van der Waals surface area contributed by atoms with Crippen LogP contribution < -0.4 is 4.90 Å². The van der Waals surface area contributed by atoms with Gasteiger partial charge >= 0.3 is 0 Å². The summed E-state index contributed by atoms with van der Waals surface area (Å²) in [5.41, 5.74) is 2.41. The number of nitrogens with zero attached hydrogens (tertiary/aromatic N) is 1. The predicted octanol–water partition coefficient (Wildman–Crippen LogP) is 2.56. The van der Waals surface area contributed by atoms with Crippen LogP contribution in [0.15, 0.2) is 24.3 Å². The van der Waals surface area contributed by atoms with E-state index in [1.165, 1.54) is 5.56 Å². The number of fused-ring (bicyclic) bond motifs is 1. The molecule has 2 heterocycles. The van der Waals surface area contributed by atoms with Gasteiger partial charge in [-0.2, -0.15) is 0 Å². The SMILES string of the molecule is CC1CCN(C(=O)C2CCOC2)c2ccccc21. The molecular formula is C15H19NO2. The van der Waals surface area contributed by atoms with Crippen LogP contribution in [0.1, 0.15) is 31.2 Å². The van der Waals surface area contributed by atoms with Crippen LogP contribution in [-0.4, -0.2) is 25.7 Å². The Labute approximate surface area is 108 Å². The first-order valence-corrected chi connectivity index (χ1v) is 6.75. The fraction of sp³-hybridized carbons (Fsp3) is 0.533. The van der Waals surface area contributed by atoms with Crippen LogP contribution in [0.5, 0.6) is 0 Å². The van der Waals surface area contributed by atoms with Gasteiger partial charge in [0.2, 0.25) is 5.91 Å². The third-order valence-corrected chi connectivity index (χ3v) is 4.09. The van der Waals surface area contributed by atoms with Crippen LogP contribution in [0.2, 0.25) is 0 Å². The molecule has 1 saturated heterocycles. The molecule has 0 aliphatic carbocycles. The number of anilines is 1. The van der Waals surface area contributed by atoms with Gasteiger partial charge in [-0.1, -0.05) is 25.1 Å². The fourth-order valence-electron chi connectivity index (χ4n) is 2.93. The summed E-state index contributed by atoms with van der Waals surface area (Å²) in [6.45, 7) is 4.39. The van der Waals surface area contributed by atoms with E-state index < -0.39 is 0 Å². The number of benzene rings is 1. The van der Waals surface area contributed by atoms with Crippen LogP contribution in [0, 0.1) is 5.92 Å². The molecule has 2 unspecified atom stereocenters. The van der Waals surface area contributed by atoms with Crippen molar-refractivity contribution >= 4 is 11.6 Å². The molecule has 0 aromatic heterocycles. The standard InChI is InChI=1S/C15H19NO2/c1-11-6-8-16(14-5-3-2-4-13(11)14)15(17)12-7-9-18-10-12/h2-5,11-12H,6-10H2,1H3. The van der Waals surface area contributed by atoms with Crippen LogP contribution in [-0.2, 0) is 9.53 Å². The Bertz CT molecular complexity index is 452. The molecule has 1 aromatic rings. The summed E-state index contributed by atoms with van der Waals surface area (Å²) in [4.78, 5) is 14.5. The van der Waals surface area contributed by atoms with Crippen LogP contribution >= 0.6 is 0 Å². The van der Waals surface area contributed by atoms with Crippen molar-refractivity contribution in [3.05, 3.63) is 29.8 Å². The second-order valence-electron chi connectivity index (χ2n) is 5.30. The van der Waals surface area contributed by atoms with Gasteiger partial charge in [0.25, 0.3) is 0 Å². The minimum absolute atomic E-state index is 0.0615. The maximum absolute atomic E-state index is 12.5. The third kappa shape index (κ3) is 1.93. The number of ether oxygens (including phenoxy) is 1. The second kappa shape index (κ2) is 4.73. The van der Waals surface area contributed by atoms with E-state index in [0.29, 0.717) is 12.5 Å². The fourth-order valence-corrected chi connectivity index (χ4v) is 2.93. The Morgan fingerprint density at radius 2 is 2.17 bits per heavy atom. The molecular weight excluding hydrogens is 226 g/mol. The molecule has 3 rings (SSSR count). The average Bonchev–Trinajstić information content (AvgIpc) is 2.93. The van der Waals surface area contributed by atoms with E-state index in [2.05, 4.69) is 25.1 Å². The topological polar surface area (TPSA) is 29.5 Å². The molecule has 2 aliphatic heterocycles. The van der Waals surface area contributed by atoms with Crippen molar-refractivity contribution in [3.8, 4) is 0 Å². The maximum atomic E-state index is 12.5. The number of rotatable bonds is 1. The number of hydrogen-bond donors (Lipinski definition) is 0. The summed E-state index contributed by atoms with van der Waals surface area (Å²) in [7, 11) is 0. The number of hydrogen-bond acceptors (Lipinski definition) is 2. The van der Waals surface area contributed by atoms with Gasteiger partial charge < -0.3 is 9.64 Å². The van der Waals surface area contributed by atoms with Crippen molar-refractivity contribution in [2.75, 3.05) is 24.7 Å². The maximum Gasteiger partial charge on any atom is 0.232 e. The Kier molecular flexibility index (Phi) is 3.08. The summed E-state index contributed by atoms with van der Waals surface area (Å²) in [6, 6.07) is 8.29. The molecule has 2 aliphatic rings. The zero-order valence-corrected chi connectivity index (χ0v) is 10.8. The smallest absolute Gasteiger partial charge is 0.232 e. The monoisotopic (exact) mass is 245 g/mol. The van der Waals surface area contributed by atoms with E-state index in [4.69, 9.17) is 4.74 Å². The molecule has 3 heteroatoms. The Morgan fingerprint density at radius 1 is 1.33 bits per heavy atom. The van der Waals surface area contributed by atoms with Crippen molar-refractivity contribution in [3.63, 3.8) is 0 Å². The first-order chi connectivity index (χ1) is 8.77. The van der Waals surface area contributed by atoms with Gasteiger partial charge in [-0.15, -0.1) is 0 Å². The number of amides is 1. The number of carbonyl (C=O) groups is 1. The molecule has 0 N–H and O–H groups in total. The summed E-state index contributed by atoms with van der Waals surface area (Å²) < 4.78 is 5.33. The zero-order chi connectivity index (χ0) is 12.5. The van der Waals surface area contributed by atoms with E-state index in [9.17, 15) is 4.79 Å². The van der Waals surface area contributed by atoms with E-state index in [1.807, 2.05) is 11.0 Å². The largest absolute Gasteiger partial charge is 0.381 e. The molecule has 0 spiro atoms. The van der Waals surface area contributed by atoms with Gasteiger partial charge in [0.1, 0.15) is 0 Å². The minimum atomic E-state index is 0.0615. The first kappa shape index (κ1) is 11.7. The molecule has 1 amide bonds.